The number of imide groups is 1. The van der Waals surface area contributed by atoms with Gasteiger partial charge in [-0.3, -0.25) is 0 Å². The van der Waals surface area contributed by atoms with Crippen LogP contribution in [-0.4, -0.2) is 60.5 Å². The van der Waals surface area contributed by atoms with Gasteiger partial charge in [-0.2, -0.15) is 4.90 Å². The normalized spacial score (nSPS) is 12.9. The van der Waals surface area contributed by atoms with Crippen LogP contribution in [0.2, 0.25) is 0 Å². The van der Waals surface area contributed by atoms with Crippen LogP contribution in [0.15, 0.2) is 12.2 Å². The first-order valence-corrected chi connectivity index (χ1v) is 8.79. The first-order valence-electron chi connectivity index (χ1n) is 8.79. The Morgan fingerprint density at radius 3 is 1.68 bits per heavy atom. The first kappa shape index (κ1) is 25.4. The van der Waals surface area contributed by atoms with E-state index in [2.05, 4.69) is 4.74 Å². The molecule has 0 spiro atoms. The summed E-state index contributed by atoms with van der Waals surface area (Å²) >= 11 is 0. The average molecular weight is 401 g/mol. The Balaban J connectivity index is 5.71. The van der Waals surface area contributed by atoms with E-state index >= 15 is 0 Å². The fraction of sp³-hybridized carbons (Fsp3) is 0.684. The van der Waals surface area contributed by atoms with Crippen LogP contribution in [0.4, 0.5) is 9.59 Å². The van der Waals surface area contributed by atoms with E-state index in [9.17, 15) is 19.2 Å². The number of nitrogens with zero attached hydrogens (tertiary/aromatic N) is 1. The molecule has 0 radical (unpaired) electrons. The highest BCUT2D eigenvalue weighted by Gasteiger charge is 2.40. The van der Waals surface area contributed by atoms with Crippen molar-refractivity contribution in [2.45, 2.75) is 71.6 Å². The van der Waals surface area contributed by atoms with E-state index in [0.29, 0.717) is 4.90 Å². The van der Waals surface area contributed by atoms with Crippen LogP contribution in [0, 0.1) is 0 Å². The van der Waals surface area contributed by atoms with Crippen molar-refractivity contribution in [3.8, 4) is 0 Å². The van der Waals surface area contributed by atoms with Crippen LogP contribution >= 0.6 is 0 Å². The zero-order chi connectivity index (χ0) is 22.1. The highest BCUT2D eigenvalue weighted by molar-refractivity contribution is 5.94. The number of ether oxygens (including phenoxy) is 4. The first-order chi connectivity index (χ1) is 12.7. The van der Waals surface area contributed by atoms with Gasteiger partial charge in [-0.1, -0.05) is 6.08 Å². The maximum absolute atomic E-state index is 12.6. The molecule has 9 nitrogen and oxygen atoms in total. The van der Waals surface area contributed by atoms with Gasteiger partial charge in [0, 0.05) is 6.08 Å². The van der Waals surface area contributed by atoms with E-state index in [-0.39, 0.29) is 12.8 Å². The van der Waals surface area contributed by atoms with Gasteiger partial charge in [0.1, 0.15) is 17.2 Å². The third-order valence-corrected chi connectivity index (χ3v) is 3.03. The van der Waals surface area contributed by atoms with Gasteiger partial charge in [-0.05, 0) is 54.4 Å². The molecule has 0 N–H and O–H groups in total. The fourth-order valence-electron chi connectivity index (χ4n) is 1.94. The van der Waals surface area contributed by atoms with Crippen molar-refractivity contribution in [3.05, 3.63) is 12.2 Å². The van der Waals surface area contributed by atoms with Crippen LogP contribution in [0.1, 0.15) is 54.4 Å². The quantitative estimate of drug-likeness (QED) is 0.379. The van der Waals surface area contributed by atoms with Crippen molar-refractivity contribution < 1.29 is 38.1 Å². The lowest BCUT2D eigenvalue weighted by Gasteiger charge is -2.32. The number of esters is 2. The van der Waals surface area contributed by atoms with E-state index < -0.39 is 41.4 Å². The molecule has 0 aromatic carbocycles. The van der Waals surface area contributed by atoms with Crippen LogP contribution in [0.25, 0.3) is 0 Å². The van der Waals surface area contributed by atoms with Gasteiger partial charge in [-0.15, -0.1) is 0 Å². The van der Waals surface area contributed by atoms with E-state index in [1.54, 1.807) is 41.5 Å². The lowest BCUT2D eigenvalue weighted by molar-refractivity contribution is -0.146. The number of allylic oxidation sites excluding steroid dienone is 1. The minimum Gasteiger partial charge on any atom is -0.467 e. The maximum atomic E-state index is 12.6. The zero-order valence-corrected chi connectivity index (χ0v) is 17.9. The Morgan fingerprint density at radius 1 is 0.857 bits per heavy atom. The van der Waals surface area contributed by atoms with E-state index in [1.165, 1.54) is 19.3 Å². The summed E-state index contributed by atoms with van der Waals surface area (Å²) in [6.45, 7) is 9.78. The molecule has 160 valence electrons. The minimum absolute atomic E-state index is 0.00134. The predicted octanol–water partition coefficient (Wildman–Crippen LogP) is 3.21. The van der Waals surface area contributed by atoms with Crippen molar-refractivity contribution in [1.82, 2.24) is 4.90 Å². The standard InChI is InChI=1S/C19H31NO8/c1-18(2,3)27-16(23)20(17(24)28-19(4,5)6)13(15(22)26-8)11-9-10-12-14(21)25-7/h10,12-13H,9,11H2,1-8H3/b12-10-/t13-/m1/s1. The topological polar surface area (TPSA) is 108 Å². The predicted molar refractivity (Wildman–Crippen MR) is 101 cm³/mol. The molecule has 1 atom stereocenters. The van der Waals surface area contributed by atoms with Crippen molar-refractivity contribution in [3.63, 3.8) is 0 Å². The van der Waals surface area contributed by atoms with Crippen LogP contribution in [0.3, 0.4) is 0 Å². The molecule has 9 heteroatoms. The lowest BCUT2D eigenvalue weighted by Crippen LogP contribution is -2.52. The molecule has 0 saturated heterocycles. The molecule has 2 amide bonds. The summed E-state index contributed by atoms with van der Waals surface area (Å²) in [6, 6.07) is -1.29. The van der Waals surface area contributed by atoms with Gasteiger partial charge in [0.05, 0.1) is 14.2 Å². The molecular formula is C19H31NO8. The number of carbonyl (C=O) groups excluding carboxylic acids is 4. The smallest absolute Gasteiger partial charge is 0.420 e. The molecule has 28 heavy (non-hydrogen) atoms. The van der Waals surface area contributed by atoms with Crippen molar-refractivity contribution in [2.75, 3.05) is 14.2 Å². The average Bonchev–Trinajstić information content (AvgIpc) is 2.52. The summed E-state index contributed by atoms with van der Waals surface area (Å²) in [5.74, 6) is -1.38. The Labute approximate surface area is 165 Å². The highest BCUT2D eigenvalue weighted by atomic mass is 16.6. The molecular weight excluding hydrogens is 370 g/mol. The SMILES string of the molecule is COC(=O)/C=C\CC[C@H](C(=O)OC)N(C(=O)OC(C)(C)C)C(=O)OC(C)(C)C. The zero-order valence-electron chi connectivity index (χ0n) is 17.9. The second kappa shape index (κ2) is 10.7. The van der Waals surface area contributed by atoms with Gasteiger partial charge >= 0.3 is 24.1 Å². The summed E-state index contributed by atoms with van der Waals surface area (Å²) in [4.78, 5) is 49.3. The molecule has 0 aromatic heterocycles. The van der Waals surface area contributed by atoms with Gasteiger partial charge in [-0.25, -0.2) is 19.2 Å². The number of hydrogen-bond donors (Lipinski definition) is 0. The van der Waals surface area contributed by atoms with Crippen molar-refractivity contribution >= 4 is 24.1 Å². The number of amides is 2. The van der Waals surface area contributed by atoms with Gasteiger partial charge < -0.3 is 18.9 Å². The number of methoxy groups -OCH3 is 2. The van der Waals surface area contributed by atoms with Gasteiger partial charge in [0.25, 0.3) is 0 Å². The molecule has 0 aliphatic rings. The summed E-state index contributed by atoms with van der Waals surface area (Å²) in [5.41, 5.74) is -1.80. The molecule has 0 aliphatic carbocycles. The number of hydrogen-bond acceptors (Lipinski definition) is 8. The van der Waals surface area contributed by atoms with Crippen molar-refractivity contribution in [1.29, 1.82) is 0 Å². The van der Waals surface area contributed by atoms with Crippen LogP contribution < -0.4 is 0 Å². The molecule has 0 saturated carbocycles. The minimum atomic E-state index is -1.29. The number of rotatable bonds is 6. The monoisotopic (exact) mass is 401 g/mol. The molecule has 0 fully saturated rings. The third kappa shape index (κ3) is 9.94. The molecule has 0 unspecified atom stereocenters. The van der Waals surface area contributed by atoms with E-state index in [4.69, 9.17) is 14.2 Å². The summed E-state index contributed by atoms with van der Waals surface area (Å²) in [7, 11) is 2.37. The Bertz CT molecular complexity index is 570. The lowest BCUT2D eigenvalue weighted by atomic mass is 10.1. The Kier molecular flexibility index (Phi) is 9.69. The third-order valence-electron chi connectivity index (χ3n) is 3.03. The van der Waals surface area contributed by atoms with Gasteiger partial charge in [0.2, 0.25) is 0 Å². The Hall–Kier alpha value is -2.58. The highest BCUT2D eigenvalue weighted by Crippen LogP contribution is 2.20. The molecule has 0 aliphatic heterocycles. The fourth-order valence-corrected chi connectivity index (χ4v) is 1.94. The molecule has 0 bridgehead atoms. The summed E-state index contributed by atoms with van der Waals surface area (Å²) in [6.07, 6.45) is 0.766. The molecule has 0 rings (SSSR count). The van der Waals surface area contributed by atoms with Crippen LogP contribution in [0.5, 0.6) is 0 Å². The van der Waals surface area contributed by atoms with Crippen LogP contribution in [-0.2, 0) is 28.5 Å². The summed E-state index contributed by atoms with van der Waals surface area (Å²) < 4.78 is 19.7. The second-order valence-corrected chi connectivity index (χ2v) is 7.87. The van der Waals surface area contributed by atoms with E-state index in [1.807, 2.05) is 0 Å². The van der Waals surface area contributed by atoms with Crippen molar-refractivity contribution in [2.24, 2.45) is 0 Å². The maximum Gasteiger partial charge on any atom is 0.420 e. The second-order valence-electron chi connectivity index (χ2n) is 7.87. The molecule has 0 aromatic rings. The van der Waals surface area contributed by atoms with Gasteiger partial charge in [0.15, 0.2) is 0 Å². The van der Waals surface area contributed by atoms with E-state index in [0.717, 1.165) is 7.11 Å². The summed E-state index contributed by atoms with van der Waals surface area (Å²) in [5, 5.41) is 0. The Morgan fingerprint density at radius 2 is 1.32 bits per heavy atom. The largest absolute Gasteiger partial charge is 0.467 e. The number of carbonyl (C=O) groups is 4. The molecule has 0 heterocycles.